The molecule has 2 N–H and O–H groups in total. The minimum atomic E-state index is 0.129. The van der Waals surface area contributed by atoms with Gasteiger partial charge in [-0.15, -0.1) is 0 Å². The average molecular weight is 394 g/mol. The van der Waals surface area contributed by atoms with E-state index in [9.17, 15) is 0 Å². The van der Waals surface area contributed by atoms with Crippen molar-refractivity contribution in [2.45, 2.75) is 6.54 Å². The van der Waals surface area contributed by atoms with Crippen molar-refractivity contribution < 1.29 is 8.83 Å². The topological polar surface area (TPSA) is 67.9 Å². The molecular weight excluding hydrogens is 381 g/mol. The summed E-state index contributed by atoms with van der Waals surface area (Å²) in [5.41, 5.74) is 6.50. The second-order valence-electron chi connectivity index (χ2n) is 5.05. The molecule has 0 amide bonds. The van der Waals surface area contributed by atoms with Gasteiger partial charge >= 0.3 is 0 Å². The van der Waals surface area contributed by atoms with Crippen LogP contribution in [-0.4, -0.2) is 16.3 Å². The van der Waals surface area contributed by atoms with Crippen molar-refractivity contribution in [1.29, 1.82) is 0 Å². The van der Waals surface area contributed by atoms with Crippen LogP contribution in [0.5, 0.6) is 0 Å². The van der Waals surface area contributed by atoms with Gasteiger partial charge < -0.3 is 14.6 Å². The molecule has 2 aromatic heterocycles. The zero-order valence-corrected chi connectivity index (χ0v) is 15.2. The second kappa shape index (κ2) is 7.74. The molecule has 128 valence electrons. The number of rotatable bonds is 5. The summed E-state index contributed by atoms with van der Waals surface area (Å²) in [6.45, 7) is 0.333. The first-order valence-electron chi connectivity index (χ1n) is 7.21. The standard InChI is InChI=1S/C17H13Cl2N3O2S/c18-14-5-3-11(8-15(14)19)16-6-4-12(24-16)9-21-22(17(20)25)10-13-2-1-7-23-13/h1-9H,10H2,(H2,20,25). The van der Waals surface area contributed by atoms with E-state index in [2.05, 4.69) is 5.10 Å². The van der Waals surface area contributed by atoms with E-state index in [4.69, 9.17) is 50.0 Å². The molecule has 3 aromatic rings. The number of hydrogen-bond acceptors (Lipinski definition) is 4. The van der Waals surface area contributed by atoms with Crippen LogP contribution in [0.4, 0.5) is 0 Å². The van der Waals surface area contributed by atoms with Crippen molar-refractivity contribution in [2.75, 3.05) is 0 Å². The van der Waals surface area contributed by atoms with E-state index in [1.807, 2.05) is 18.2 Å². The molecule has 0 atom stereocenters. The SMILES string of the molecule is NC(=S)N(Cc1ccco1)N=Cc1ccc(-c2ccc(Cl)c(Cl)c2)o1. The van der Waals surface area contributed by atoms with E-state index in [-0.39, 0.29) is 5.11 Å². The number of nitrogens with two attached hydrogens (primary N) is 1. The quantitative estimate of drug-likeness (QED) is 0.378. The summed E-state index contributed by atoms with van der Waals surface area (Å²) in [4.78, 5) is 0. The highest BCUT2D eigenvalue weighted by Crippen LogP contribution is 2.29. The summed E-state index contributed by atoms with van der Waals surface area (Å²) in [6, 6.07) is 12.5. The van der Waals surface area contributed by atoms with Crippen LogP contribution in [0.25, 0.3) is 11.3 Å². The van der Waals surface area contributed by atoms with Crippen LogP contribution in [-0.2, 0) is 6.54 Å². The molecule has 25 heavy (non-hydrogen) atoms. The van der Waals surface area contributed by atoms with Gasteiger partial charge in [0.05, 0.1) is 22.5 Å². The molecule has 1 aromatic carbocycles. The first-order chi connectivity index (χ1) is 12.0. The molecule has 0 aliphatic heterocycles. The first kappa shape index (κ1) is 17.5. The number of thiocarbonyl (C=S) groups is 1. The summed E-state index contributed by atoms with van der Waals surface area (Å²) in [7, 11) is 0. The van der Waals surface area contributed by atoms with Gasteiger partial charge in [-0.05, 0) is 54.7 Å². The molecule has 2 heterocycles. The minimum Gasteiger partial charge on any atom is -0.467 e. The highest BCUT2D eigenvalue weighted by molar-refractivity contribution is 7.80. The van der Waals surface area contributed by atoms with Gasteiger partial charge in [-0.25, -0.2) is 5.01 Å². The third kappa shape index (κ3) is 4.42. The summed E-state index contributed by atoms with van der Waals surface area (Å²) in [5, 5.41) is 6.77. The van der Waals surface area contributed by atoms with Crippen LogP contribution in [0.3, 0.4) is 0 Å². The Kier molecular flexibility index (Phi) is 5.43. The van der Waals surface area contributed by atoms with Crippen molar-refractivity contribution in [3.8, 4) is 11.3 Å². The fraction of sp³-hybridized carbons (Fsp3) is 0.0588. The van der Waals surface area contributed by atoms with Crippen molar-refractivity contribution in [2.24, 2.45) is 10.8 Å². The lowest BCUT2D eigenvalue weighted by atomic mass is 10.2. The Labute approximate surface area is 159 Å². The Balaban J connectivity index is 1.75. The van der Waals surface area contributed by atoms with Gasteiger partial charge in [0.2, 0.25) is 0 Å². The average Bonchev–Trinajstić information content (AvgIpc) is 3.25. The van der Waals surface area contributed by atoms with Crippen molar-refractivity contribution >= 4 is 46.7 Å². The molecule has 0 bridgehead atoms. The monoisotopic (exact) mass is 393 g/mol. The lowest BCUT2D eigenvalue weighted by Crippen LogP contribution is -2.30. The molecule has 8 heteroatoms. The third-order valence-corrected chi connectivity index (χ3v) is 4.25. The Bertz CT molecular complexity index is 907. The highest BCUT2D eigenvalue weighted by Gasteiger charge is 2.09. The van der Waals surface area contributed by atoms with Crippen molar-refractivity contribution in [1.82, 2.24) is 5.01 Å². The van der Waals surface area contributed by atoms with Gasteiger partial charge in [0.25, 0.3) is 0 Å². The van der Waals surface area contributed by atoms with Crippen LogP contribution in [0.2, 0.25) is 10.0 Å². The lowest BCUT2D eigenvalue weighted by molar-refractivity contribution is 0.379. The van der Waals surface area contributed by atoms with Crippen LogP contribution < -0.4 is 5.73 Å². The zero-order valence-electron chi connectivity index (χ0n) is 12.9. The predicted octanol–water partition coefficient (Wildman–Crippen LogP) is 4.93. The predicted molar refractivity (Wildman–Crippen MR) is 103 cm³/mol. The van der Waals surface area contributed by atoms with E-state index in [1.165, 1.54) is 11.2 Å². The second-order valence-corrected chi connectivity index (χ2v) is 6.28. The molecule has 0 spiro atoms. The van der Waals surface area contributed by atoms with Crippen LogP contribution >= 0.6 is 35.4 Å². The van der Waals surface area contributed by atoms with E-state index in [1.54, 1.807) is 30.5 Å². The highest BCUT2D eigenvalue weighted by atomic mass is 35.5. The summed E-state index contributed by atoms with van der Waals surface area (Å²) in [5.74, 6) is 1.88. The normalized spacial score (nSPS) is 11.1. The van der Waals surface area contributed by atoms with Gasteiger partial charge in [-0.3, -0.25) is 0 Å². The summed E-state index contributed by atoms with van der Waals surface area (Å²) in [6.07, 6.45) is 3.11. The summed E-state index contributed by atoms with van der Waals surface area (Å²) < 4.78 is 11.0. The van der Waals surface area contributed by atoms with Crippen LogP contribution in [0, 0.1) is 0 Å². The van der Waals surface area contributed by atoms with E-state index in [0.29, 0.717) is 33.9 Å². The molecule has 0 unspecified atom stereocenters. The van der Waals surface area contributed by atoms with Crippen LogP contribution in [0.15, 0.2) is 62.7 Å². The number of nitrogens with zero attached hydrogens (tertiary/aromatic N) is 2. The van der Waals surface area contributed by atoms with Gasteiger partial charge in [-0.2, -0.15) is 5.10 Å². The Hall–Kier alpha value is -2.28. The molecule has 0 saturated heterocycles. The molecule has 0 aliphatic rings. The first-order valence-corrected chi connectivity index (χ1v) is 8.38. The molecule has 0 radical (unpaired) electrons. The number of furan rings is 2. The maximum absolute atomic E-state index is 6.03. The largest absolute Gasteiger partial charge is 0.467 e. The van der Waals surface area contributed by atoms with Gasteiger partial charge in [0.1, 0.15) is 23.8 Å². The van der Waals surface area contributed by atoms with E-state index < -0.39 is 0 Å². The van der Waals surface area contributed by atoms with E-state index in [0.717, 1.165) is 5.56 Å². The number of benzene rings is 1. The minimum absolute atomic E-state index is 0.129. The fourth-order valence-electron chi connectivity index (χ4n) is 2.08. The molecule has 3 rings (SSSR count). The third-order valence-electron chi connectivity index (χ3n) is 3.30. The molecular formula is C17H13Cl2N3O2S. The Morgan fingerprint density at radius 1 is 1.20 bits per heavy atom. The maximum atomic E-state index is 6.03. The lowest BCUT2D eigenvalue weighted by Gasteiger charge is -2.14. The van der Waals surface area contributed by atoms with E-state index >= 15 is 0 Å². The zero-order chi connectivity index (χ0) is 17.8. The number of hydrazone groups is 1. The Morgan fingerprint density at radius 3 is 2.72 bits per heavy atom. The Morgan fingerprint density at radius 2 is 2.04 bits per heavy atom. The molecule has 0 aliphatic carbocycles. The molecule has 0 fully saturated rings. The van der Waals surface area contributed by atoms with Crippen LogP contribution in [0.1, 0.15) is 11.5 Å². The van der Waals surface area contributed by atoms with Gasteiger partial charge in [0.15, 0.2) is 5.11 Å². The smallest absolute Gasteiger partial charge is 0.187 e. The fourth-order valence-corrected chi connectivity index (χ4v) is 2.49. The van der Waals surface area contributed by atoms with Crippen molar-refractivity contribution in [3.05, 3.63) is 70.3 Å². The number of halogens is 2. The van der Waals surface area contributed by atoms with Crippen molar-refractivity contribution in [3.63, 3.8) is 0 Å². The molecule has 0 saturated carbocycles. The maximum Gasteiger partial charge on any atom is 0.187 e. The summed E-state index contributed by atoms with van der Waals surface area (Å²) >= 11 is 17.0. The number of hydrogen-bond donors (Lipinski definition) is 1. The van der Waals surface area contributed by atoms with Gasteiger partial charge in [-0.1, -0.05) is 23.2 Å². The van der Waals surface area contributed by atoms with Gasteiger partial charge in [0, 0.05) is 5.56 Å². The molecule has 5 nitrogen and oxygen atoms in total.